The van der Waals surface area contributed by atoms with E-state index in [0.717, 1.165) is 12.0 Å². The van der Waals surface area contributed by atoms with Gasteiger partial charge >= 0.3 is 0 Å². The molecule has 116 valence electrons. The molecule has 2 aromatic rings. The normalized spacial score (nSPS) is 19.4. The van der Waals surface area contributed by atoms with E-state index in [2.05, 4.69) is 12.1 Å². The van der Waals surface area contributed by atoms with Gasteiger partial charge in [0.15, 0.2) is 0 Å². The second-order valence-corrected chi connectivity index (χ2v) is 8.04. The van der Waals surface area contributed by atoms with Crippen LogP contribution in [0.3, 0.4) is 0 Å². The zero-order valence-electron chi connectivity index (χ0n) is 12.2. The molecular formula is C17H18ClNO2S. The third-order valence-electron chi connectivity index (χ3n) is 4.08. The summed E-state index contributed by atoms with van der Waals surface area (Å²) in [5.41, 5.74) is 1.99. The van der Waals surface area contributed by atoms with Gasteiger partial charge in [0.2, 0.25) is 10.0 Å². The molecular weight excluding hydrogens is 318 g/mol. The van der Waals surface area contributed by atoms with Crippen LogP contribution in [-0.4, -0.2) is 25.8 Å². The first-order valence-electron chi connectivity index (χ1n) is 7.32. The Morgan fingerprint density at radius 3 is 2.41 bits per heavy atom. The van der Waals surface area contributed by atoms with Crippen molar-refractivity contribution in [1.29, 1.82) is 0 Å². The van der Waals surface area contributed by atoms with Gasteiger partial charge in [-0.25, -0.2) is 12.7 Å². The van der Waals surface area contributed by atoms with Gasteiger partial charge in [0.25, 0.3) is 0 Å². The van der Waals surface area contributed by atoms with Crippen LogP contribution in [0.15, 0.2) is 54.6 Å². The van der Waals surface area contributed by atoms with Crippen LogP contribution in [0.25, 0.3) is 0 Å². The van der Waals surface area contributed by atoms with Crippen molar-refractivity contribution in [2.24, 2.45) is 0 Å². The van der Waals surface area contributed by atoms with Crippen molar-refractivity contribution in [2.75, 3.05) is 13.1 Å². The third kappa shape index (κ3) is 3.51. The quantitative estimate of drug-likeness (QED) is 0.855. The van der Waals surface area contributed by atoms with E-state index in [9.17, 15) is 8.42 Å². The lowest BCUT2D eigenvalue weighted by molar-refractivity contribution is 0.472. The first-order valence-corrected chi connectivity index (χ1v) is 9.30. The molecule has 1 fully saturated rings. The molecule has 1 saturated heterocycles. The second-order valence-electron chi connectivity index (χ2n) is 5.64. The summed E-state index contributed by atoms with van der Waals surface area (Å²) in [6.45, 7) is 1.16. The summed E-state index contributed by atoms with van der Waals surface area (Å²) in [5, 5.41) is 0.617. The maximum absolute atomic E-state index is 12.6. The van der Waals surface area contributed by atoms with E-state index in [4.69, 9.17) is 11.6 Å². The van der Waals surface area contributed by atoms with E-state index in [0.29, 0.717) is 24.0 Å². The summed E-state index contributed by atoms with van der Waals surface area (Å²) >= 11 is 5.84. The number of nitrogens with zero attached hydrogens (tertiary/aromatic N) is 1. The highest BCUT2D eigenvalue weighted by Crippen LogP contribution is 2.29. The number of hydrogen-bond acceptors (Lipinski definition) is 2. The summed E-state index contributed by atoms with van der Waals surface area (Å²) in [5.74, 6) is 0.326. The Kier molecular flexibility index (Phi) is 4.52. The van der Waals surface area contributed by atoms with Crippen molar-refractivity contribution in [1.82, 2.24) is 4.31 Å². The second kappa shape index (κ2) is 6.41. The number of benzene rings is 2. The SMILES string of the molecule is O=S(=O)(Cc1ccc(Cl)cc1)N1CCC(c2ccccc2)C1. The van der Waals surface area contributed by atoms with Crippen LogP contribution in [-0.2, 0) is 15.8 Å². The van der Waals surface area contributed by atoms with Crippen LogP contribution in [0, 0.1) is 0 Å². The van der Waals surface area contributed by atoms with Crippen LogP contribution in [0.1, 0.15) is 23.5 Å². The molecule has 0 aliphatic carbocycles. The van der Waals surface area contributed by atoms with E-state index in [1.54, 1.807) is 28.6 Å². The van der Waals surface area contributed by atoms with Gasteiger partial charge in [-0.2, -0.15) is 0 Å². The van der Waals surface area contributed by atoms with Crippen LogP contribution in [0.5, 0.6) is 0 Å². The molecule has 0 aromatic heterocycles. The van der Waals surface area contributed by atoms with Crippen molar-refractivity contribution in [3.05, 3.63) is 70.7 Å². The number of sulfonamides is 1. The minimum Gasteiger partial charge on any atom is -0.212 e. The van der Waals surface area contributed by atoms with Gasteiger partial charge in [-0.1, -0.05) is 54.1 Å². The lowest BCUT2D eigenvalue weighted by Gasteiger charge is -2.17. The van der Waals surface area contributed by atoms with Crippen LogP contribution in [0.2, 0.25) is 5.02 Å². The molecule has 1 heterocycles. The summed E-state index contributed by atoms with van der Waals surface area (Å²) < 4.78 is 26.7. The molecule has 5 heteroatoms. The third-order valence-corrected chi connectivity index (χ3v) is 6.15. The van der Waals surface area contributed by atoms with Crippen LogP contribution in [0.4, 0.5) is 0 Å². The molecule has 3 rings (SSSR count). The molecule has 0 bridgehead atoms. The maximum atomic E-state index is 12.6. The Hall–Kier alpha value is -1.36. The molecule has 0 amide bonds. The summed E-state index contributed by atoms with van der Waals surface area (Å²) in [6, 6.07) is 17.1. The van der Waals surface area contributed by atoms with Crippen LogP contribution < -0.4 is 0 Å². The highest BCUT2D eigenvalue weighted by atomic mass is 35.5. The Balaban J connectivity index is 1.70. The van der Waals surface area contributed by atoms with Gasteiger partial charge in [-0.3, -0.25) is 0 Å². The molecule has 0 N–H and O–H groups in total. The van der Waals surface area contributed by atoms with Gasteiger partial charge < -0.3 is 0 Å². The lowest BCUT2D eigenvalue weighted by atomic mass is 9.99. The molecule has 1 unspecified atom stereocenters. The Labute approximate surface area is 136 Å². The predicted octanol–water partition coefficient (Wildman–Crippen LogP) is 3.66. The Morgan fingerprint density at radius 1 is 1.05 bits per heavy atom. The zero-order valence-corrected chi connectivity index (χ0v) is 13.7. The average molecular weight is 336 g/mol. The molecule has 1 aliphatic heterocycles. The first-order chi connectivity index (χ1) is 10.5. The van der Waals surface area contributed by atoms with Gasteiger partial charge in [0.1, 0.15) is 0 Å². The van der Waals surface area contributed by atoms with Crippen molar-refractivity contribution >= 4 is 21.6 Å². The number of halogens is 1. The Morgan fingerprint density at radius 2 is 1.73 bits per heavy atom. The molecule has 0 saturated carbocycles. The first kappa shape index (κ1) is 15.5. The maximum Gasteiger partial charge on any atom is 0.218 e. The topological polar surface area (TPSA) is 37.4 Å². The minimum atomic E-state index is -3.28. The largest absolute Gasteiger partial charge is 0.218 e. The minimum absolute atomic E-state index is 0.0334. The van der Waals surface area contributed by atoms with Crippen LogP contribution >= 0.6 is 11.6 Å². The molecule has 0 radical (unpaired) electrons. The van der Waals surface area contributed by atoms with Crippen molar-refractivity contribution in [2.45, 2.75) is 18.1 Å². The number of hydrogen-bond donors (Lipinski definition) is 0. The predicted molar refractivity (Wildman–Crippen MR) is 89.4 cm³/mol. The fourth-order valence-corrected chi connectivity index (χ4v) is 4.57. The monoisotopic (exact) mass is 335 g/mol. The van der Waals surface area contributed by atoms with Crippen molar-refractivity contribution in [3.8, 4) is 0 Å². The number of rotatable bonds is 4. The molecule has 2 aromatic carbocycles. The lowest BCUT2D eigenvalue weighted by Crippen LogP contribution is -2.29. The fraction of sp³-hybridized carbons (Fsp3) is 0.294. The molecule has 0 spiro atoms. The summed E-state index contributed by atoms with van der Waals surface area (Å²) in [4.78, 5) is 0. The molecule has 22 heavy (non-hydrogen) atoms. The summed E-state index contributed by atoms with van der Waals surface area (Å²) in [6.07, 6.45) is 0.879. The highest BCUT2D eigenvalue weighted by molar-refractivity contribution is 7.88. The van der Waals surface area contributed by atoms with Gasteiger partial charge in [0, 0.05) is 18.1 Å². The smallest absolute Gasteiger partial charge is 0.212 e. The molecule has 1 atom stereocenters. The van der Waals surface area contributed by atoms with Crippen molar-refractivity contribution < 1.29 is 8.42 Å². The van der Waals surface area contributed by atoms with Gasteiger partial charge in [-0.05, 0) is 35.6 Å². The Bertz CT molecular complexity index is 729. The zero-order chi connectivity index (χ0) is 15.6. The van der Waals surface area contributed by atoms with E-state index in [-0.39, 0.29) is 5.75 Å². The highest BCUT2D eigenvalue weighted by Gasteiger charge is 2.31. The van der Waals surface area contributed by atoms with E-state index < -0.39 is 10.0 Å². The van der Waals surface area contributed by atoms with E-state index in [1.807, 2.05) is 18.2 Å². The summed E-state index contributed by atoms with van der Waals surface area (Å²) in [7, 11) is -3.28. The van der Waals surface area contributed by atoms with Crippen molar-refractivity contribution in [3.63, 3.8) is 0 Å². The molecule has 1 aliphatic rings. The fourth-order valence-electron chi connectivity index (χ4n) is 2.86. The molecule has 3 nitrogen and oxygen atoms in total. The average Bonchev–Trinajstić information content (AvgIpc) is 3.01. The standard InChI is InChI=1S/C17H18ClNO2S/c18-17-8-6-14(7-9-17)13-22(20,21)19-11-10-16(12-19)15-4-2-1-3-5-15/h1-9,16H,10-13H2. The van der Waals surface area contributed by atoms with Gasteiger partial charge in [0.05, 0.1) is 5.75 Å². The van der Waals surface area contributed by atoms with Gasteiger partial charge in [-0.15, -0.1) is 0 Å². The van der Waals surface area contributed by atoms with E-state index in [1.165, 1.54) is 5.56 Å². The van der Waals surface area contributed by atoms with E-state index >= 15 is 0 Å².